The molecule has 0 fully saturated rings. The zero-order chi connectivity index (χ0) is 22.0. The van der Waals surface area contributed by atoms with Gasteiger partial charge in [0, 0.05) is 24.2 Å². The molecule has 0 aliphatic heterocycles. The van der Waals surface area contributed by atoms with E-state index in [4.69, 9.17) is 5.73 Å². The highest BCUT2D eigenvalue weighted by Crippen LogP contribution is 2.50. The second kappa shape index (κ2) is 7.00. The van der Waals surface area contributed by atoms with Crippen molar-refractivity contribution in [3.05, 3.63) is 57.4 Å². The van der Waals surface area contributed by atoms with E-state index < -0.39 is 40.0 Å². The Morgan fingerprint density at radius 1 is 1.17 bits per heavy atom. The van der Waals surface area contributed by atoms with Gasteiger partial charge in [-0.2, -0.15) is 5.26 Å². The molecule has 0 spiro atoms. The van der Waals surface area contributed by atoms with E-state index in [1.807, 2.05) is 6.07 Å². The number of hydrogen-bond acceptors (Lipinski definition) is 5. The fourth-order valence-electron chi connectivity index (χ4n) is 4.82. The molecule has 9 heteroatoms. The Balaban J connectivity index is 2.03. The molecule has 0 saturated carbocycles. The van der Waals surface area contributed by atoms with Crippen LogP contribution in [0, 0.1) is 17.1 Å². The van der Waals surface area contributed by atoms with Crippen LogP contribution in [0.5, 0.6) is 0 Å². The number of rotatable bonds is 2. The summed E-state index contributed by atoms with van der Waals surface area (Å²) in [7, 11) is -3.86. The van der Waals surface area contributed by atoms with Crippen molar-refractivity contribution >= 4 is 15.5 Å². The molecule has 0 bridgehead atoms. The number of fused-ring (bicyclic) bond motifs is 2. The first kappa shape index (κ1) is 20.7. The van der Waals surface area contributed by atoms with Gasteiger partial charge in [-0.25, -0.2) is 21.6 Å². The van der Waals surface area contributed by atoms with Gasteiger partial charge in [-0.3, -0.25) is 0 Å². The Hall–Kier alpha value is -2.57. The Kier molecular flexibility index (Phi) is 4.83. The predicted octanol–water partition coefficient (Wildman–Crippen LogP) is 3.55. The third-order valence-electron chi connectivity index (χ3n) is 5.97. The SMILES string of the molecule is CS(=O)(=O)c1c(N)cc([C@H]2CC[C@H](F)c3cc(F)cc(C#N)c32)c2c1[C@H](O)[C@H](F)C2. The highest BCUT2D eigenvalue weighted by atomic mass is 32.2. The molecule has 2 aliphatic carbocycles. The van der Waals surface area contributed by atoms with Gasteiger partial charge >= 0.3 is 0 Å². The summed E-state index contributed by atoms with van der Waals surface area (Å²) in [5.41, 5.74) is 6.84. The molecule has 4 rings (SSSR count). The van der Waals surface area contributed by atoms with Crippen molar-refractivity contribution in [2.45, 2.75) is 48.5 Å². The van der Waals surface area contributed by atoms with Crippen molar-refractivity contribution in [3.8, 4) is 6.07 Å². The van der Waals surface area contributed by atoms with Crippen LogP contribution in [0.15, 0.2) is 23.1 Å². The van der Waals surface area contributed by atoms with Crippen LogP contribution in [0.25, 0.3) is 0 Å². The fourth-order valence-corrected chi connectivity index (χ4v) is 5.96. The maximum atomic E-state index is 14.6. The van der Waals surface area contributed by atoms with Gasteiger partial charge in [0.05, 0.1) is 22.2 Å². The summed E-state index contributed by atoms with van der Waals surface area (Å²) in [5.74, 6) is -1.34. The largest absolute Gasteiger partial charge is 0.398 e. The van der Waals surface area contributed by atoms with Gasteiger partial charge < -0.3 is 10.8 Å². The fraction of sp³-hybridized carbons (Fsp3) is 0.381. The standard InChI is InChI=1S/C21H19F3N2O3S/c1-30(28,29)21-17(26)7-12(13-6-16(24)20(27)19(13)21)11-2-3-15(23)14-5-10(22)4-9(8-25)18(11)14/h4-5,7,11,15-16,20,27H,2-3,6,26H2,1H3/t11-,15+,16-,20-/m1/s1. The molecule has 0 radical (unpaired) electrons. The van der Waals surface area contributed by atoms with Gasteiger partial charge in [-0.05, 0) is 53.3 Å². The molecule has 158 valence electrons. The molecule has 30 heavy (non-hydrogen) atoms. The predicted molar refractivity (Wildman–Crippen MR) is 104 cm³/mol. The molecule has 2 aromatic carbocycles. The number of anilines is 1. The number of nitrogens with zero attached hydrogens (tertiary/aromatic N) is 1. The highest BCUT2D eigenvalue weighted by Gasteiger charge is 2.41. The average molecular weight is 436 g/mol. The quantitative estimate of drug-likeness (QED) is 0.701. The Morgan fingerprint density at radius 2 is 1.87 bits per heavy atom. The van der Waals surface area contributed by atoms with Crippen LogP contribution in [0.1, 0.15) is 64.4 Å². The molecular formula is C21H19F3N2O3S. The van der Waals surface area contributed by atoms with E-state index in [1.54, 1.807) is 0 Å². The van der Waals surface area contributed by atoms with E-state index >= 15 is 0 Å². The lowest BCUT2D eigenvalue weighted by atomic mass is 9.74. The molecule has 5 nitrogen and oxygen atoms in total. The lowest BCUT2D eigenvalue weighted by Crippen LogP contribution is -2.18. The summed E-state index contributed by atoms with van der Waals surface area (Å²) in [6.45, 7) is 0. The Bertz CT molecular complexity index is 1210. The number of sulfone groups is 1. The Labute approximate surface area is 171 Å². The molecule has 0 saturated heterocycles. The average Bonchev–Trinajstić information content (AvgIpc) is 2.95. The molecule has 3 N–H and O–H groups in total. The molecule has 0 unspecified atom stereocenters. The molecule has 2 aromatic rings. The first-order valence-corrected chi connectivity index (χ1v) is 11.3. The summed E-state index contributed by atoms with van der Waals surface area (Å²) in [6.07, 6.45) is -3.85. The van der Waals surface area contributed by atoms with E-state index in [-0.39, 0.29) is 46.5 Å². The van der Waals surface area contributed by atoms with E-state index in [0.29, 0.717) is 16.7 Å². The maximum absolute atomic E-state index is 14.6. The van der Waals surface area contributed by atoms with Gasteiger partial charge in [0.2, 0.25) is 0 Å². The first-order chi connectivity index (χ1) is 14.0. The Morgan fingerprint density at radius 3 is 2.50 bits per heavy atom. The number of nitrogens with two attached hydrogens (primary N) is 1. The van der Waals surface area contributed by atoms with Crippen LogP contribution >= 0.6 is 0 Å². The van der Waals surface area contributed by atoms with Crippen LogP contribution in [0.3, 0.4) is 0 Å². The molecule has 4 atom stereocenters. The van der Waals surface area contributed by atoms with Crippen LogP contribution < -0.4 is 5.73 Å². The van der Waals surface area contributed by atoms with Crippen LogP contribution in [0.2, 0.25) is 0 Å². The van der Waals surface area contributed by atoms with Crippen molar-refractivity contribution in [1.29, 1.82) is 5.26 Å². The van der Waals surface area contributed by atoms with Gasteiger partial charge in [0.25, 0.3) is 0 Å². The van der Waals surface area contributed by atoms with Crippen molar-refractivity contribution in [1.82, 2.24) is 0 Å². The maximum Gasteiger partial charge on any atom is 0.177 e. The highest BCUT2D eigenvalue weighted by molar-refractivity contribution is 7.91. The molecule has 2 aliphatic rings. The van der Waals surface area contributed by atoms with Gasteiger partial charge in [-0.15, -0.1) is 0 Å². The van der Waals surface area contributed by atoms with Gasteiger partial charge in [0.1, 0.15) is 24.3 Å². The minimum atomic E-state index is -3.86. The van der Waals surface area contributed by atoms with Crippen molar-refractivity contribution in [3.63, 3.8) is 0 Å². The summed E-state index contributed by atoms with van der Waals surface area (Å²) < 4.78 is 67.5. The second-order valence-corrected chi connectivity index (χ2v) is 9.83. The van der Waals surface area contributed by atoms with Crippen LogP contribution in [-0.4, -0.2) is 26.0 Å². The monoisotopic (exact) mass is 436 g/mol. The van der Waals surface area contributed by atoms with Crippen molar-refractivity contribution in [2.75, 3.05) is 12.0 Å². The minimum Gasteiger partial charge on any atom is -0.398 e. The van der Waals surface area contributed by atoms with Crippen molar-refractivity contribution < 1.29 is 26.7 Å². The van der Waals surface area contributed by atoms with Gasteiger partial charge in [0.15, 0.2) is 9.84 Å². The first-order valence-electron chi connectivity index (χ1n) is 9.39. The topological polar surface area (TPSA) is 104 Å². The number of alkyl halides is 2. The molecule has 0 amide bonds. The number of aliphatic hydroxyl groups excluding tert-OH is 1. The number of nitrogen functional groups attached to an aromatic ring is 1. The molecular weight excluding hydrogens is 417 g/mol. The third-order valence-corrected chi connectivity index (χ3v) is 7.16. The number of hydrogen-bond donors (Lipinski definition) is 2. The van der Waals surface area contributed by atoms with Crippen LogP contribution in [0.4, 0.5) is 18.9 Å². The summed E-state index contributed by atoms with van der Waals surface area (Å²) >= 11 is 0. The summed E-state index contributed by atoms with van der Waals surface area (Å²) in [4.78, 5) is -0.312. The smallest absolute Gasteiger partial charge is 0.177 e. The number of aliphatic hydroxyl groups is 1. The summed E-state index contributed by atoms with van der Waals surface area (Å²) in [5, 5.41) is 19.9. The van der Waals surface area contributed by atoms with E-state index in [9.17, 15) is 32.0 Å². The number of benzene rings is 2. The normalized spacial score (nSPS) is 25.5. The van der Waals surface area contributed by atoms with E-state index in [1.165, 1.54) is 6.07 Å². The van der Waals surface area contributed by atoms with E-state index in [2.05, 4.69) is 0 Å². The number of nitriles is 1. The molecule has 0 aromatic heterocycles. The zero-order valence-corrected chi connectivity index (χ0v) is 16.8. The third kappa shape index (κ3) is 3.06. The zero-order valence-electron chi connectivity index (χ0n) is 16.0. The number of halogens is 3. The van der Waals surface area contributed by atoms with Crippen LogP contribution in [-0.2, 0) is 16.3 Å². The van der Waals surface area contributed by atoms with E-state index in [0.717, 1.165) is 18.4 Å². The summed E-state index contributed by atoms with van der Waals surface area (Å²) in [6, 6.07) is 5.36. The lowest BCUT2D eigenvalue weighted by Gasteiger charge is -2.31. The lowest BCUT2D eigenvalue weighted by molar-refractivity contribution is 0.0908. The second-order valence-electron chi connectivity index (χ2n) is 7.88. The molecule has 0 heterocycles. The van der Waals surface area contributed by atoms with Gasteiger partial charge in [-0.1, -0.05) is 0 Å². The van der Waals surface area contributed by atoms with Crippen molar-refractivity contribution in [2.24, 2.45) is 0 Å². The minimum absolute atomic E-state index is 0.0350.